The molecule has 0 saturated carbocycles. The molecule has 2 unspecified atom stereocenters. The fourth-order valence-electron chi connectivity index (χ4n) is 3.14. The van der Waals surface area contributed by atoms with Crippen LogP contribution in [-0.2, 0) is 0 Å². The Kier molecular flexibility index (Phi) is 3.65. The first kappa shape index (κ1) is 11.4. The van der Waals surface area contributed by atoms with Crippen LogP contribution < -0.4 is 5.73 Å². The lowest BCUT2D eigenvalue weighted by atomic mass is 9.90. The van der Waals surface area contributed by atoms with E-state index in [1.165, 1.54) is 45.4 Å². The summed E-state index contributed by atoms with van der Waals surface area (Å²) in [6, 6.07) is 1.27. The molecule has 0 radical (unpaired) electrons. The first-order chi connectivity index (χ1) is 7.16. The summed E-state index contributed by atoms with van der Waals surface area (Å²) in [5, 5.41) is 0. The van der Waals surface area contributed by atoms with Gasteiger partial charge in [-0.1, -0.05) is 6.92 Å². The van der Waals surface area contributed by atoms with Crippen LogP contribution in [0.5, 0.6) is 0 Å². The first-order valence-corrected chi connectivity index (χ1v) is 6.35. The predicted molar refractivity (Wildman–Crippen MR) is 63.8 cm³/mol. The van der Waals surface area contributed by atoms with Crippen molar-refractivity contribution in [3.8, 4) is 0 Å². The van der Waals surface area contributed by atoms with E-state index in [4.69, 9.17) is 5.73 Å². The van der Waals surface area contributed by atoms with E-state index in [2.05, 4.69) is 23.8 Å². The van der Waals surface area contributed by atoms with Crippen molar-refractivity contribution in [2.45, 2.75) is 38.3 Å². The van der Waals surface area contributed by atoms with Gasteiger partial charge in [0, 0.05) is 18.6 Å². The van der Waals surface area contributed by atoms with Gasteiger partial charge >= 0.3 is 0 Å². The smallest absolute Gasteiger partial charge is 0.0145 e. The van der Waals surface area contributed by atoms with Gasteiger partial charge in [-0.05, 0) is 51.9 Å². The maximum atomic E-state index is 5.95. The molecule has 2 fully saturated rings. The van der Waals surface area contributed by atoms with Gasteiger partial charge in [0.15, 0.2) is 0 Å². The minimum absolute atomic E-state index is 0.461. The van der Waals surface area contributed by atoms with Crippen LogP contribution >= 0.6 is 0 Å². The van der Waals surface area contributed by atoms with Crippen molar-refractivity contribution in [3.05, 3.63) is 0 Å². The van der Waals surface area contributed by atoms with E-state index in [1.807, 2.05) is 0 Å². The van der Waals surface area contributed by atoms with Crippen LogP contribution in [0.3, 0.4) is 0 Å². The molecule has 2 aliphatic rings. The monoisotopic (exact) mass is 211 g/mol. The second-order valence-corrected chi connectivity index (χ2v) is 5.47. The lowest BCUT2D eigenvalue weighted by Gasteiger charge is -2.44. The summed E-state index contributed by atoms with van der Waals surface area (Å²) in [6.07, 6.45) is 3.73. The van der Waals surface area contributed by atoms with Crippen LogP contribution in [0.15, 0.2) is 0 Å². The molecule has 0 spiro atoms. The van der Waals surface area contributed by atoms with Gasteiger partial charge in [-0.15, -0.1) is 0 Å². The highest BCUT2D eigenvalue weighted by molar-refractivity contribution is 4.87. The molecule has 0 aromatic heterocycles. The van der Waals surface area contributed by atoms with Crippen LogP contribution in [0.1, 0.15) is 26.2 Å². The molecule has 2 heterocycles. The molecule has 2 N–H and O–H groups in total. The number of nitrogens with zero attached hydrogens (tertiary/aromatic N) is 2. The summed E-state index contributed by atoms with van der Waals surface area (Å²) in [5.41, 5.74) is 5.95. The second kappa shape index (κ2) is 4.81. The van der Waals surface area contributed by atoms with Crippen LogP contribution in [0, 0.1) is 5.92 Å². The number of hydrogen-bond donors (Lipinski definition) is 1. The number of piperidine rings is 2. The molecule has 0 aromatic carbocycles. The van der Waals surface area contributed by atoms with Crippen molar-refractivity contribution < 1.29 is 0 Å². The standard InChI is InChI=1S/C12H25N3/c1-10-9-14(2)6-5-12(10)15-7-3-11(13)4-8-15/h10-12H,3-9,13H2,1-2H3. The van der Waals surface area contributed by atoms with Gasteiger partial charge in [0.05, 0.1) is 0 Å². The van der Waals surface area contributed by atoms with Crippen molar-refractivity contribution in [1.82, 2.24) is 9.80 Å². The van der Waals surface area contributed by atoms with Crippen LogP contribution in [0.25, 0.3) is 0 Å². The quantitative estimate of drug-likeness (QED) is 0.695. The second-order valence-electron chi connectivity index (χ2n) is 5.47. The summed E-state index contributed by atoms with van der Waals surface area (Å²) in [4.78, 5) is 5.14. The number of likely N-dealkylation sites (tertiary alicyclic amines) is 2. The zero-order valence-corrected chi connectivity index (χ0v) is 10.2. The molecule has 3 heteroatoms. The highest BCUT2D eigenvalue weighted by atomic mass is 15.2. The van der Waals surface area contributed by atoms with E-state index < -0.39 is 0 Å². The Morgan fingerprint density at radius 1 is 1.07 bits per heavy atom. The lowest BCUT2D eigenvalue weighted by molar-refractivity contribution is 0.0579. The van der Waals surface area contributed by atoms with E-state index in [1.54, 1.807) is 0 Å². The first-order valence-electron chi connectivity index (χ1n) is 6.35. The largest absolute Gasteiger partial charge is 0.328 e. The third-order valence-electron chi connectivity index (χ3n) is 4.11. The third kappa shape index (κ3) is 2.71. The van der Waals surface area contributed by atoms with Gasteiger partial charge in [-0.25, -0.2) is 0 Å². The highest BCUT2D eigenvalue weighted by Crippen LogP contribution is 2.24. The van der Waals surface area contributed by atoms with Crippen molar-refractivity contribution in [2.75, 3.05) is 33.2 Å². The maximum absolute atomic E-state index is 5.95. The van der Waals surface area contributed by atoms with E-state index in [0.29, 0.717) is 6.04 Å². The molecule has 0 aliphatic carbocycles. The molecule has 88 valence electrons. The van der Waals surface area contributed by atoms with E-state index in [0.717, 1.165) is 12.0 Å². The number of hydrogen-bond acceptors (Lipinski definition) is 3. The van der Waals surface area contributed by atoms with Gasteiger partial charge in [0.25, 0.3) is 0 Å². The summed E-state index contributed by atoms with van der Waals surface area (Å²) in [5.74, 6) is 0.818. The number of nitrogens with two attached hydrogens (primary N) is 1. The molecule has 2 rings (SSSR count). The summed E-state index contributed by atoms with van der Waals surface area (Å²) in [7, 11) is 2.23. The predicted octanol–water partition coefficient (Wildman–Crippen LogP) is 0.750. The minimum Gasteiger partial charge on any atom is -0.328 e. The summed E-state index contributed by atoms with van der Waals surface area (Å²) >= 11 is 0. The molecule has 2 atom stereocenters. The van der Waals surface area contributed by atoms with Crippen molar-refractivity contribution >= 4 is 0 Å². The Balaban J connectivity index is 1.87. The summed E-state index contributed by atoms with van der Waals surface area (Å²) < 4.78 is 0. The van der Waals surface area contributed by atoms with E-state index in [9.17, 15) is 0 Å². The number of rotatable bonds is 1. The van der Waals surface area contributed by atoms with Crippen LogP contribution in [0.4, 0.5) is 0 Å². The fourth-order valence-corrected chi connectivity index (χ4v) is 3.14. The minimum atomic E-state index is 0.461. The average Bonchev–Trinajstić information content (AvgIpc) is 2.20. The Morgan fingerprint density at radius 2 is 1.73 bits per heavy atom. The molecule has 2 saturated heterocycles. The van der Waals surface area contributed by atoms with Crippen molar-refractivity contribution in [1.29, 1.82) is 0 Å². The van der Waals surface area contributed by atoms with Gasteiger partial charge in [-0.3, -0.25) is 4.90 Å². The van der Waals surface area contributed by atoms with Gasteiger partial charge in [-0.2, -0.15) is 0 Å². The normalized spacial score (nSPS) is 37.0. The Bertz CT molecular complexity index is 199. The lowest BCUT2D eigenvalue weighted by Crippen LogP contribution is -2.52. The Morgan fingerprint density at radius 3 is 2.33 bits per heavy atom. The molecular weight excluding hydrogens is 186 g/mol. The fraction of sp³-hybridized carbons (Fsp3) is 1.00. The topological polar surface area (TPSA) is 32.5 Å². The average molecular weight is 211 g/mol. The third-order valence-corrected chi connectivity index (χ3v) is 4.11. The van der Waals surface area contributed by atoms with Crippen molar-refractivity contribution in [2.24, 2.45) is 11.7 Å². The van der Waals surface area contributed by atoms with E-state index in [-0.39, 0.29) is 0 Å². The molecule has 2 aliphatic heterocycles. The zero-order valence-electron chi connectivity index (χ0n) is 10.2. The molecular formula is C12H25N3. The maximum Gasteiger partial charge on any atom is 0.0145 e. The Hall–Kier alpha value is -0.120. The van der Waals surface area contributed by atoms with E-state index >= 15 is 0 Å². The summed E-state index contributed by atoms with van der Waals surface area (Å²) in [6.45, 7) is 7.36. The van der Waals surface area contributed by atoms with Gasteiger partial charge in [0.2, 0.25) is 0 Å². The Labute approximate surface area is 93.6 Å². The molecule has 15 heavy (non-hydrogen) atoms. The molecule has 0 bridgehead atoms. The van der Waals surface area contributed by atoms with Gasteiger partial charge < -0.3 is 10.6 Å². The molecule has 0 aromatic rings. The van der Waals surface area contributed by atoms with Crippen LogP contribution in [0.2, 0.25) is 0 Å². The van der Waals surface area contributed by atoms with Crippen LogP contribution in [-0.4, -0.2) is 55.1 Å². The highest BCUT2D eigenvalue weighted by Gasteiger charge is 2.30. The molecule has 3 nitrogen and oxygen atoms in total. The van der Waals surface area contributed by atoms with Gasteiger partial charge in [0.1, 0.15) is 0 Å². The molecule has 0 amide bonds. The zero-order chi connectivity index (χ0) is 10.8. The van der Waals surface area contributed by atoms with Crippen molar-refractivity contribution in [3.63, 3.8) is 0 Å². The SMILES string of the molecule is CC1CN(C)CCC1N1CCC(N)CC1.